The minimum atomic E-state index is 0.107. The van der Waals surface area contributed by atoms with Crippen LogP contribution in [-0.2, 0) is 6.54 Å². The van der Waals surface area contributed by atoms with E-state index in [1.54, 1.807) is 13.1 Å². The third-order valence-corrected chi connectivity index (χ3v) is 3.97. The fourth-order valence-corrected chi connectivity index (χ4v) is 3.01. The van der Waals surface area contributed by atoms with E-state index in [-0.39, 0.29) is 5.78 Å². The first kappa shape index (κ1) is 16.7. The summed E-state index contributed by atoms with van der Waals surface area (Å²) in [6.07, 6.45) is 7.23. The molecule has 0 atom stereocenters. The molecule has 120 valence electrons. The van der Waals surface area contributed by atoms with Gasteiger partial charge in [-0.1, -0.05) is 13.8 Å². The molecule has 0 aliphatic heterocycles. The van der Waals surface area contributed by atoms with Gasteiger partial charge in [-0.15, -0.1) is 0 Å². The van der Waals surface area contributed by atoms with Gasteiger partial charge in [0, 0.05) is 29.9 Å². The molecule has 22 heavy (non-hydrogen) atoms. The summed E-state index contributed by atoms with van der Waals surface area (Å²) in [6.45, 7) is 10.4. The number of aryl methyl sites for hydroxylation is 1. The molecule has 2 rings (SSSR count). The smallest absolute Gasteiger partial charge is 0.162 e. The van der Waals surface area contributed by atoms with E-state index >= 15 is 0 Å². The summed E-state index contributed by atoms with van der Waals surface area (Å²) < 4.78 is 2.13. The van der Waals surface area contributed by atoms with Gasteiger partial charge < -0.3 is 9.47 Å². The molecule has 0 amide bonds. The van der Waals surface area contributed by atoms with E-state index < -0.39 is 0 Å². The topological polar surface area (TPSA) is 38.1 Å². The van der Waals surface area contributed by atoms with E-state index in [1.807, 2.05) is 18.3 Å². The van der Waals surface area contributed by atoms with Crippen LogP contribution in [-0.4, -0.2) is 39.9 Å². The summed E-state index contributed by atoms with van der Waals surface area (Å²) in [5.74, 6) is 0.107. The number of pyridine rings is 1. The van der Waals surface area contributed by atoms with Crippen molar-refractivity contribution in [3.63, 3.8) is 0 Å². The van der Waals surface area contributed by atoms with E-state index in [0.29, 0.717) is 0 Å². The maximum Gasteiger partial charge on any atom is 0.162 e. The fourth-order valence-electron chi connectivity index (χ4n) is 3.01. The van der Waals surface area contributed by atoms with Crippen molar-refractivity contribution in [1.29, 1.82) is 0 Å². The third kappa shape index (κ3) is 3.95. The Bertz CT molecular complexity index is 612. The molecule has 2 aromatic heterocycles. The predicted molar refractivity (Wildman–Crippen MR) is 91.4 cm³/mol. The Labute approximate surface area is 133 Å². The summed E-state index contributed by atoms with van der Waals surface area (Å²) in [4.78, 5) is 18.7. The monoisotopic (exact) mass is 301 g/mol. The van der Waals surface area contributed by atoms with Crippen LogP contribution < -0.4 is 0 Å². The van der Waals surface area contributed by atoms with Crippen molar-refractivity contribution in [2.75, 3.05) is 19.6 Å². The Balaban J connectivity index is 2.07. The minimum Gasteiger partial charge on any atom is -0.332 e. The Hall–Kier alpha value is -1.68. The molecule has 0 aliphatic carbocycles. The number of nitrogens with zero attached hydrogens (tertiary/aromatic N) is 3. The lowest BCUT2D eigenvalue weighted by atomic mass is 10.2. The van der Waals surface area contributed by atoms with E-state index in [1.165, 1.54) is 12.8 Å². The van der Waals surface area contributed by atoms with E-state index in [4.69, 9.17) is 0 Å². The molecule has 0 aromatic carbocycles. The molecular weight excluding hydrogens is 274 g/mol. The molecule has 0 saturated heterocycles. The number of aromatic nitrogens is 2. The van der Waals surface area contributed by atoms with Gasteiger partial charge in [0.15, 0.2) is 5.78 Å². The maximum absolute atomic E-state index is 11.8. The van der Waals surface area contributed by atoms with E-state index in [2.05, 4.69) is 28.3 Å². The zero-order valence-corrected chi connectivity index (χ0v) is 14.0. The molecule has 2 heterocycles. The Kier molecular flexibility index (Phi) is 6.13. The molecular formula is C18H27N3O. The van der Waals surface area contributed by atoms with Crippen molar-refractivity contribution in [3.05, 3.63) is 30.1 Å². The highest BCUT2D eigenvalue weighted by Crippen LogP contribution is 2.20. The number of rotatable bonds is 9. The number of hydrogen-bond acceptors (Lipinski definition) is 3. The molecule has 0 N–H and O–H groups in total. The average Bonchev–Trinajstić information content (AvgIpc) is 2.87. The van der Waals surface area contributed by atoms with Gasteiger partial charge in [0.2, 0.25) is 0 Å². The van der Waals surface area contributed by atoms with Crippen LogP contribution in [0.5, 0.6) is 0 Å². The number of hydrogen-bond donors (Lipinski definition) is 0. The Morgan fingerprint density at radius 3 is 2.59 bits per heavy atom. The van der Waals surface area contributed by atoms with Gasteiger partial charge in [-0.2, -0.15) is 0 Å². The lowest BCUT2D eigenvalue weighted by molar-refractivity contribution is 0.101. The van der Waals surface area contributed by atoms with Crippen molar-refractivity contribution in [2.24, 2.45) is 0 Å². The van der Waals surface area contributed by atoms with Gasteiger partial charge in [0.25, 0.3) is 0 Å². The predicted octanol–water partition coefficient (Wildman–Crippen LogP) is 3.75. The number of carbonyl (C=O) groups is 1. The second-order valence-corrected chi connectivity index (χ2v) is 5.86. The highest BCUT2D eigenvalue weighted by molar-refractivity contribution is 6.06. The number of fused-ring (bicyclic) bond motifs is 1. The van der Waals surface area contributed by atoms with Crippen LogP contribution >= 0.6 is 0 Å². The maximum atomic E-state index is 11.8. The highest BCUT2D eigenvalue weighted by atomic mass is 16.1. The number of carbonyl (C=O) groups excluding carboxylic acids is 1. The average molecular weight is 301 g/mol. The minimum absolute atomic E-state index is 0.107. The Morgan fingerprint density at radius 1 is 1.23 bits per heavy atom. The molecule has 0 bridgehead atoms. The van der Waals surface area contributed by atoms with Crippen molar-refractivity contribution in [1.82, 2.24) is 14.5 Å². The van der Waals surface area contributed by atoms with Gasteiger partial charge in [0.05, 0.1) is 0 Å². The van der Waals surface area contributed by atoms with Crippen LogP contribution in [0.15, 0.2) is 24.5 Å². The zero-order chi connectivity index (χ0) is 15.9. The highest BCUT2D eigenvalue weighted by Gasteiger charge is 2.12. The summed E-state index contributed by atoms with van der Waals surface area (Å²) >= 11 is 0. The van der Waals surface area contributed by atoms with Gasteiger partial charge in [-0.05, 0) is 58.0 Å². The third-order valence-electron chi connectivity index (χ3n) is 3.97. The van der Waals surface area contributed by atoms with Gasteiger partial charge in [0.1, 0.15) is 5.65 Å². The van der Waals surface area contributed by atoms with Gasteiger partial charge in [-0.25, -0.2) is 4.98 Å². The van der Waals surface area contributed by atoms with Crippen LogP contribution in [0.25, 0.3) is 11.0 Å². The lowest BCUT2D eigenvalue weighted by Gasteiger charge is -2.20. The normalized spacial score (nSPS) is 11.5. The second-order valence-electron chi connectivity index (χ2n) is 5.86. The largest absolute Gasteiger partial charge is 0.332 e. The van der Waals surface area contributed by atoms with Gasteiger partial charge in [-0.3, -0.25) is 4.79 Å². The molecule has 4 nitrogen and oxygen atoms in total. The van der Waals surface area contributed by atoms with E-state index in [0.717, 1.165) is 49.2 Å². The van der Waals surface area contributed by atoms with Crippen molar-refractivity contribution >= 4 is 16.8 Å². The first-order valence-corrected chi connectivity index (χ1v) is 8.34. The number of ketones is 1. The standard InChI is InChI=1S/C18H27N3O/c1-4-10-20(11-5-2)12-7-13-21-14-17(15(3)22)16-8-6-9-19-18(16)21/h6,8-9,14H,4-5,7,10-13H2,1-3H3. The molecule has 2 aromatic rings. The van der Waals surface area contributed by atoms with Gasteiger partial charge >= 0.3 is 0 Å². The van der Waals surface area contributed by atoms with Crippen LogP contribution in [0, 0.1) is 0 Å². The van der Waals surface area contributed by atoms with Crippen LogP contribution in [0.3, 0.4) is 0 Å². The van der Waals surface area contributed by atoms with Crippen molar-refractivity contribution in [3.8, 4) is 0 Å². The molecule has 4 heteroatoms. The van der Waals surface area contributed by atoms with Crippen LogP contribution in [0.2, 0.25) is 0 Å². The zero-order valence-electron chi connectivity index (χ0n) is 14.0. The van der Waals surface area contributed by atoms with E-state index in [9.17, 15) is 4.79 Å². The molecule has 0 aliphatic rings. The molecule has 0 unspecified atom stereocenters. The Morgan fingerprint density at radius 2 is 1.95 bits per heavy atom. The first-order valence-electron chi connectivity index (χ1n) is 8.34. The summed E-state index contributed by atoms with van der Waals surface area (Å²) in [5, 5.41) is 0.967. The summed E-state index contributed by atoms with van der Waals surface area (Å²) in [7, 11) is 0. The van der Waals surface area contributed by atoms with Crippen molar-refractivity contribution in [2.45, 2.75) is 46.6 Å². The first-order chi connectivity index (χ1) is 10.7. The SMILES string of the molecule is CCCN(CCC)CCCn1cc(C(C)=O)c2cccnc21. The summed E-state index contributed by atoms with van der Waals surface area (Å²) in [6, 6.07) is 3.87. The van der Waals surface area contributed by atoms with Crippen molar-refractivity contribution < 1.29 is 4.79 Å². The summed E-state index contributed by atoms with van der Waals surface area (Å²) in [5.41, 5.74) is 1.70. The fraction of sp³-hybridized carbons (Fsp3) is 0.556. The molecule has 0 radical (unpaired) electrons. The molecule has 0 spiro atoms. The van der Waals surface area contributed by atoms with Crippen LogP contribution in [0.4, 0.5) is 0 Å². The second kappa shape index (κ2) is 8.08. The molecule has 0 fully saturated rings. The molecule has 0 saturated carbocycles. The quantitative estimate of drug-likeness (QED) is 0.662. The lowest BCUT2D eigenvalue weighted by Crippen LogP contribution is -2.27. The number of Topliss-reactive ketones (excluding diaryl/α,β-unsaturated/α-hetero) is 1. The van der Waals surface area contributed by atoms with Crippen LogP contribution in [0.1, 0.15) is 50.4 Å².